The number of aromatic nitrogens is 4. The Hall–Kier alpha value is -4.20. The maximum Gasteiger partial charge on any atom is 0.317 e. The number of hydrogen-bond donors (Lipinski definition) is 1. The van der Waals surface area contributed by atoms with Crippen LogP contribution in [0.15, 0.2) is 82.3 Å². The minimum atomic E-state index is -0.859. The highest BCUT2D eigenvalue weighted by Crippen LogP contribution is 2.23. The Morgan fingerprint density at radius 2 is 1.73 bits per heavy atom. The molecule has 1 aliphatic rings. The third-order valence-electron chi connectivity index (χ3n) is 4.72. The van der Waals surface area contributed by atoms with E-state index in [4.69, 9.17) is 9.41 Å². The van der Waals surface area contributed by atoms with E-state index >= 15 is 0 Å². The highest BCUT2D eigenvalue weighted by molar-refractivity contribution is 6.16. The lowest BCUT2D eigenvalue weighted by Crippen LogP contribution is -2.29. The smallest absolute Gasteiger partial charge is 0.317 e. The summed E-state index contributed by atoms with van der Waals surface area (Å²) >= 11 is 0. The second-order valence-electron chi connectivity index (χ2n) is 6.71. The average Bonchev–Trinajstić information content (AvgIpc) is 3.21. The molecule has 1 N–H and O–H groups in total. The molecule has 1 atom stereocenters. The van der Waals surface area contributed by atoms with Gasteiger partial charge in [0.05, 0.1) is 5.71 Å². The molecule has 0 fully saturated rings. The molecule has 1 unspecified atom stereocenters. The lowest BCUT2D eigenvalue weighted by atomic mass is 9.96. The number of fused-ring (bicyclic) bond motifs is 1. The molecule has 8 heteroatoms. The van der Waals surface area contributed by atoms with E-state index in [9.17, 15) is 4.79 Å². The molecule has 0 saturated carbocycles. The largest absolute Gasteiger partial charge is 0.402 e. The van der Waals surface area contributed by atoms with E-state index in [0.717, 1.165) is 22.4 Å². The summed E-state index contributed by atoms with van der Waals surface area (Å²) in [5.41, 5.74) is 3.99. The number of carbonyl (C=O) groups is 1. The average molecular weight is 396 g/mol. The van der Waals surface area contributed by atoms with Crippen molar-refractivity contribution in [3.8, 4) is 11.6 Å². The predicted molar refractivity (Wildman–Crippen MR) is 110 cm³/mol. The lowest BCUT2D eigenvalue weighted by Gasteiger charge is -2.11. The summed E-state index contributed by atoms with van der Waals surface area (Å²) in [6, 6.07) is 21.1. The Bertz CT molecular complexity index is 1220. The first-order valence-electron chi connectivity index (χ1n) is 9.40. The molecule has 2 aromatic heterocycles. The highest BCUT2D eigenvalue weighted by atomic mass is 16.4. The first-order chi connectivity index (χ1) is 14.8. The van der Waals surface area contributed by atoms with Gasteiger partial charge in [-0.1, -0.05) is 59.7 Å². The summed E-state index contributed by atoms with van der Waals surface area (Å²) in [7, 11) is 0. The number of ketones is 1. The van der Waals surface area contributed by atoms with Gasteiger partial charge in [-0.2, -0.15) is 5.10 Å². The molecule has 0 radical (unpaired) electrons. The maximum atomic E-state index is 13.0. The van der Waals surface area contributed by atoms with Gasteiger partial charge in [-0.25, -0.2) is 0 Å². The van der Waals surface area contributed by atoms with Crippen molar-refractivity contribution < 1.29 is 9.21 Å². The van der Waals surface area contributed by atoms with Gasteiger partial charge in [0.1, 0.15) is 5.69 Å². The second-order valence-corrected chi connectivity index (χ2v) is 6.71. The lowest BCUT2D eigenvalue weighted by molar-refractivity contribution is -0.119. The third kappa shape index (κ3) is 3.46. The monoisotopic (exact) mass is 396 g/mol. The van der Waals surface area contributed by atoms with Crippen LogP contribution in [0.3, 0.4) is 0 Å². The van der Waals surface area contributed by atoms with Crippen LogP contribution in [-0.2, 0) is 11.2 Å². The molecule has 0 saturated heterocycles. The van der Waals surface area contributed by atoms with Gasteiger partial charge >= 0.3 is 6.01 Å². The molecule has 30 heavy (non-hydrogen) atoms. The fraction of sp³-hybridized carbons (Fsp3) is 0.0909. The SMILES string of the molecule is O=C1Cc2ccccc2C(c2ccccc2)=NC1Nc1nnc(-c2cccnn2)o1. The van der Waals surface area contributed by atoms with Gasteiger partial charge in [-0.3, -0.25) is 9.79 Å². The molecule has 8 nitrogen and oxygen atoms in total. The van der Waals surface area contributed by atoms with Gasteiger partial charge in [-0.15, -0.1) is 10.2 Å². The molecule has 5 rings (SSSR count). The molecule has 0 spiro atoms. The number of nitrogens with one attached hydrogen (secondary N) is 1. The van der Waals surface area contributed by atoms with Crippen molar-refractivity contribution in [3.05, 3.63) is 89.6 Å². The number of Topliss-reactive ketones (excluding diaryl/α,β-unsaturated/α-hetero) is 1. The van der Waals surface area contributed by atoms with E-state index in [-0.39, 0.29) is 24.1 Å². The van der Waals surface area contributed by atoms with Gasteiger partial charge in [0.25, 0.3) is 5.89 Å². The van der Waals surface area contributed by atoms with Crippen molar-refractivity contribution in [1.29, 1.82) is 0 Å². The summed E-state index contributed by atoms with van der Waals surface area (Å²) in [6.07, 6.45) is 0.947. The number of rotatable bonds is 4. The summed E-state index contributed by atoms with van der Waals surface area (Å²) in [5, 5.41) is 18.7. The first kappa shape index (κ1) is 17.9. The van der Waals surface area contributed by atoms with E-state index in [0.29, 0.717) is 5.69 Å². The molecule has 1 aliphatic heterocycles. The molecule has 4 aromatic rings. The number of aliphatic imine (C=N–C) groups is 1. The topological polar surface area (TPSA) is 106 Å². The van der Waals surface area contributed by atoms with E-state index < -0.39 is 6.17 Å². The van der Waals surface area contributed by atoms with Crippen molar-refractivity contribution in [2.45, 2.75) is 12.6 Å². The molecule has 146 valence electrons. The third-order valence-corrected chi connectivity index (χ3v) is 4.72. The van der Waals surface area contributed by atoms with Gasteiger partial charge in [0.15, 0.2) is 11.9 Å². The quantitative estimate of drug-likeness (QED) is 0.565. The number of benzene rings is 2. The predicted octanol–water partition coefficient (Wildman–Crippen LogP) is 2.93. The normalized spacial score (nSPS) is 15.8. The number of hydrogen-bond acceptors (Lipinski definition) is 8. The maximum absolute atomic E-state index is 13.0. The number of nitrogens with zero attached hydrogens (tertiary/aromatic N) is 5. The minimum Gasteiger partial charge on any atom is -0.402 e. The number of anilines is 1. The van der Waals surface area contributed by atoms with Gasteiger partial charge in [-0.05, 0) is 17.7 Å². The van der Waals surface area contributed by atoms with Crippen LogP contribution in [-0.4, -0.2) is 38.1 Å². The second kappa shape index (κ2) is 7.67. The fourth-order valence-electron chi connectivity index (χ4n) is 3.32. The van der Waals surface area contributed by atoms with Gasteiger partial charge < -0.3 is 9.73 Å². The Labute approximate surface area is 171 Å². The van der Waals surface area contributed by atoms with E-state index in [1.54, 1.807) is 18.3 Å². The van der Waals surface area contributed by atoms with Crippen LogP contribution in [0.2, 0.25) is 0 Å². The van der Waals surface area contributed by atoms with Crippen LogP contribution < -0.4 is 5.32 Å². The summed E-state index contributed by atoms with van der Waals surface area (Å²) in [6.45, 7) is 0. The van der Waals surface area contributed by atoms with Crippen LogP contribution in [0.5, 0.6) is 0 Å². The molecule has 0 bridgehead atoms. The Kier molecular flexibility index (Phi) is 4.57. The molecular formula is C22H16N6O2. The van der Waals surface area contributed by atoms with Crippen LogP contribution in [0, 0.1) is 0 Å². The Morgan fingerprint density at radius 3 is 2.57 bits per heavy atom. The number of carbonyl (C=O) groups excluding carboxylic acids is 1. The van der Waals surface area contributed by atoms with Crippen molar-refractivity contribution in [2.75, 3.05) is 5.32 Å². The van der Waals surface area contributed by atoms with Crippen LogP contribution in [0.1, 0.15) is 16.7 Å². The van der Waals surface area contributed by atoms with Crippen LogP contribution in [0.4, 0.5) is 6.01 Å². The zero-order valence-corrected chi connectivity index (χ0v) is 15.8. The van der Waals surface area contributed by atoms with Crippen molar-refractivity contribution in [2.24, 2.45) is 4.99 Å². The van der Waals surface area contributed by atoms with E-state index in [1.807, 2.05) is 54.6 Å². The fourth-order valence-corrected chi connectivity index (χ4v) is 3.32. The minimum absolute atomic E-state index is 0.0902. The van der Waals surface area contributed by atoms with E-state index in [2.05, 4.69) is 25.7 Å². The molecular weight excluding hydrogens is 380 g/mol. The summed E-state index contributed by atoms with van der Waals surface area (Å²) in [4.78, 5) is 17.7. The van der Waals surface area contributed by atoms with Crippen LogP contribution in [0.25, 0.3) is 11.6 Å². The molecule has 3 heterocycles. The van der Waals surface area contributed by atoms with Crippen molar-refractivity contribution in [1.82, 2.24) is 20.4 Å². The Balaban J connectivity index is 1.51. The molecule has 0 amide bonds. The first-order valence-corrected chi connectivity index (χ1v) is 9.40. The van der Waals surface area contributed by atoms with Crippen molar-refractivity contribution in [3.63, 3.8) is 0 Å². The zero-order valence-electron chi connectivity index (χ0n) is 15.8. The molecule has 2 aromatic carbocycles. The van der Waals surface area contributed by atoms with E-state index in [1.165, 1.54) is 0 Å². The van der Waals surface area contributed by atoms with Gasteiger partial charge in [0.2, 0.25) is 0 Å². The zero-order chi connectivity index (χ0) is 20.3. The van der Waals surface area contributed by atoms with Gasteiger partial charge in [0, 0.05) is 23.7 Å². The summed E-state index contributed by atoms with van der Waals surface area (Å²) < 4.78 is 5.62. The standard InChI is InChI=1S/C22H16N6O2/c29-18-13-15-9-4-5-10-16(15)19(14-7-2-1-3-8-14)24-20(18)25-22-28-27-21(30-22)17-11-6-12-23-26-17/h1-12,20H,13H2,(H,25,28). The Morgan fingerprint density at radius 1 is 0.900 bits per heavy atom. The molecule has 0 aliphatic carbocycles. The van der Waals surface area contributed by atoms with Crippen molar-refractivity contribution >= 4 is 17.5 Å². The summed E-state index contributed by atoms with van der Waals surface area (Å²) in [5.74, 6) is 0.120. The highest BCUT2D eigenvalue weighted by Gasteiger charge is 2.27. The van der Waals surface area contributed by atoms with Crippen LogP contribution >= 0.6 is 0 Å².